The number of carbonyl (C=O) groups excluding carboxylic acids is 4. The molecular formula is C38H34N4O4. The molecule has 2 N–H and O–H groups in total. The number of hydrogen-bond acceptors (Lipinski definition) is 4. The van der Waals surface area contributed by atoms with Crippen LogP contribution >= 0.6 is 0 Å². The van der Waals surface area contributed by atoms with Crippen LogP contribution in [0.2, 0.25) is 0 Å². The average Bonchev–Trinajstić information content (AvgIpc) is 3.12. The van der Waals surface area contributed by atoms with E-state index in [4.69, 9.17) is 0 Å². The molecule has 0 atom stereocenters. The zero-order chi connectivity index (χ0) is 32.5. The highest BCUT2D eigenvalue weighted by molar-refractivity contribution is 6.12. The number of carbonyl (C=O) groups is 4. The van der Waals surface area contributed by atoms with Crippen LogP contribution in [-0.4, -0.2) is 37.7 Å². The molecule has 0 aliphatic heterocycles. The van der Waals surface area contributed by atoms with Crippen molar-refractivity contribution in [2.75, 3.05) is 23.9 Å². The Balaban J connectivity index is 1.26. The summed E-state index contributed by atoms with van der Waals surface area (Å²) in [6.07, 6.45) is 0. The van der Waals surface area contributed by atoms with Gasteiger partial charge in [-0.15, -0.1) is 0 Å². The Kier molecular flexibility index (Phi) is 9.99. The largest absolute Gasteiger partial charge is 0.348 e. The molecule has 0 saturated carbocycles. The third-order valence-electron chi connectivity index (χ3n) is 7.60. The molecule has 5 rings (SSSR count). The SMILES string of the molecule is CN(C(=O)c1ccc(C(=O)N(C)c2ccccc2C(=O)NCc2ccccc2)cc1)c1ccccc1C(=O)NCc1ccccc1. The lowest BCUT2D eigenvalue weighted by Gasteiger charge is -2.22. The van der Waals surface area contributed by atoms with E-state index in [0.717, 1.165) is 11.1 Å². The smallest absolute Gasteiger partial charge is 0.258 e. The molecule has 46 heavy (non-hydrogen) atoms. The van der Waals surface area contributed by atoms with Crippen molar-refractivity contribution >= 4 is 35.0 Å². The standard InChI is InChI=1S/C38H34N4O4/c1-41(33-19-11-9-17-31(33)35(43)39-25-27-13-5-3-6-14-27)37(45)29-21-23-30(24-22-29)38(46)42(2)34-20-12-10-18-32(34)36(44)40-26-28-15-7-4-8-16-28/h3-24H,25-26H2,1-2H3,(H,39,43)(H,40,44). The predicted molar refractivity (Wildman–Crippen MR) is 180 cm³/mol. The van der Waals surface area contributed by atoms with E-state index >= 15 is 0 Å². The second-order valence-corrected chi connectivity index (χ2v) is 10.7. The van der Waals surface area contributed by atoms with Gasteiger partial charge in [-0.2, -0.15) is 0 Å². The Bertz CT molecular complexity index is 1700. The van der Waals surface area contributed by atoms with E-state index in [1.165, 1.54) is 9.80 Å². The van der Waals surface area contributed by atoms with Crippen LogP contribution in [0.5, 0.6) is 0 Å². The number of nitrogens with one attached hydrogen (secondary N) is 2. The van der Waals surface area contributed by atoms with E-state index in [2.05, 4.69) is 10.6 Å². The van der Waals surface area contributed by atoms with Crippen LogP contribution in [0, 0.1) is 0 Å². The van der Waals surface area contributed by atoms with E-state index in [9.17, 15) is 19.2 Å². The average molecular weight is 611 g/mol. The molecular weight excluding hydrogens is 576 g/mol. The summed E-state index contributed by atoms with van der Waals surface area (Å²) in [6.45, 7) is 0.719. The summed E-state index contributed by atoms with van der Waals surface area (Å²) < 4.78 is 0. The Morgan fingerprint density at radius 3 is 1.15 bits per heavy atom. The monoisotopic (exact) mass is 610 g/mol. The third-order valence-corrected chi connectivity index (χ3v) is 7.60. The highest BCUT2D eigenvalue weighted by Gasteiger charge is 2.22. The fourth-order valence-corrected chi connectivity index (χ4v) is 5.02. The number of rotatable bonds is 10. The highest BCUT2D eigenvalue weighted by Crippen LogP contribution is 2.24. The van der Waals surface area contributed by atoms with Gasteiger partial charge in [0.2, 0.25) is 0 Å². The molecule has 0 radical (unpaired) electrons. The minimum absolute atomic E-state index is 0.294. The van der Waals surface area contributed by atoms with Crippen molar-refractivity contribution in [3.8, 4) is 0 Å². The second kappa shape index (κ2) is 14.6. The molecule has 0 aliphatic carbocycles. The van der Waals surface area contributed by atoms with E-state index in [0.29, 0.717) is 46.7 Å². The van der Waals surface area contributed by atoms with Crippen LogP contribution in [0.25, 0.3) is 0 Å². The number of amides is 4. The molecule has 0 aliphatic rings. The summed E-state index contributed by atoms with van der Waals surface area (Å²) >= 11 is 0. The minimum atomic E-state index is -0.337. The van der Waals surface area contributed by atoms with E-state index in [1.54, 1.807) is 86.9 Å². The maximum atomic E-state index is 13.5. The van der Waals surface area contributed by atoms with Crippen LogP contribution in [0.3, 0.4) is 0 Å². The summed E-state index contributed by atoms with van der Waals surface area (Å²) in [5.41, 5.74) is 4.29. The number of benzene rings is 5. The van der Waals surface area contributed by atoms with E-state index in [1.807, 2.05) is 60.7 Å². The van der Waals surface area contributed by atoms with Crippen molar-refractivity contribution in [3.63, 3.8) is 0 Å². The van der Waals surface area contributed by atoms with E-state index < -0.39 is 0 Å². The van der Waals surface area contributed by atoms with Gasteiger partial charge in [-0.3, -0.25) is 19.2 Å². The van der Waals surface area contributed by atoms with Gasteiger partial charge in [0.15, 0.2) is 0 Å². The Hall–Kier alpha value is -6.02. The number of hydrogen-bond donors (Lipinski definition) is 2. The predicted octanol–water partition coefficient (Wildman–Crippen LogP) is 6.10. The zero-order valence-corrected chi connectivity index (χ0v) is 25.6. The molecule has 0 aromatic heterocycles. The first-order chi connectivity index (χ1) is 22.3. The minimum Gasteiger partial charge on any atom is -0.348 e. The third kappa shape index (κ3) is 7.36. The van der Waals surface area contributed by atoms with Crippen LogP contribution < -0.4 is 20.4 Å². The molecule has 8 heteroatoms. The lowest BCUT2D eigenvalue weighted by molar-refractivity contribution is 0.0941. The highest BCUT2D eigenvalue weighted by atomic mass is 16.2. The van der Waals surface area contributed by atoms with Crippen LogP contribution in [0.15, 0.2) is 133 Å². The van der Waals surface area contributed by atoms with Gasteiger partial charge in [0.1, 0.15) is 0 Å². The van der Waals surface area contributed by atoms with Gasteiger partial charge >= 0.3 is 0 Å². The Morgan fingerprint density at radius 2 is 0.783 bits per heavy atom. The van der Waals surface area contributed by atoms with Crippen LogP contribution in [0.4, 0.5) is 11.4 Å². The Morgan fingerprint density at radius 1 is 0.457 bits per heavy atom. The first kappa shape index (κ1) is 31.4. The summed E-state index contributed by atoms with van der Waals surface area (Å²) in [6, 6.07) is 39.3. The normalized spacial score (nSPS) is 10.5. The van der Waals surface area contributed by atoms with Crippen molar-refractivity contribution < 1.29 is 19.2 Å². The van der Waals surface area contributed by atoms with Crippen molar-refractivity contribution in [2.24, 2.45) is 0 Å². The van der Waals surface area contributed by atoms with Crippen molar-refractivity contribution in [1.82, 2.24) is 10.6 Å². The van der Waals surface area contributed by atoms with Gasteiger partial charge in [-0.1, -0.05) is 84.9 Å². The summed E-state index contributed by atoms with van der Waals surface area (Å²) in [5, 5.41) is 5.83. The maximum Gasteiger partial charge on any atom is 0.258 e. The quantitative estimate of drug-likeness (QED) is 0.200. The Labute approximate surface area is 268 Å². The van der Waals surface area contributed by atoms with E-state index in [-0.39, 0.29) is 23.6 Å². The number of para-hydroxylation sites is 2. The molecule has 230 valence electrons. The summed E-state index contributed by atoms with van der Waals surface area (Å²) in [4.78, 5) is 55.9. The second-order valence-electron chi connectivity index (χ2n) is 10.7. The first-order valence-corrected chi connectivity index (χ1v) is 14.8. The molecule has 0 fully saturated rings. The molecule has 0 spiro atoms. The van der Waals surface area contributed by atoms with Crippen molar-refractivity contribution in [1.29, 1.82) is 0 Å². The van der Waals surface area contributed by atoms with Gasteiger partial charge in [-0.25, -0.2) is 0 Å². The van der Waals surface area contributed by atoms with Gasteiger partial charge in [0.25, 0.3) is 23.6 Å². The van der Waals surface area contributed by atoms with Crippen LogP contribution in [0.1, 0.15) is 52.6 Å². The lowest BCUT2D eigenvalue weighted by Crippen LogP contribution is -2.31. The molecule has 5 aromatic carbocycles. The molecule has 0 bridgehead atoms. The van der Waals surface area contributed by atoms with Crippen molar-refractivity contribution in [3.05, 3.63) is 167 Å². The molecule has 0 saturated heterocycles. The molecule has 4 amide bonds. The number of nitrogens with zero attached hydrogens (tertiary/aromatic N) is 2. The molecule has 0 unspecified atom stereocenters. The lowest BCUT2D eigenvalue weighted by atomic mass is 10.1. The van der Waals surface area contributed by atoms with Gasteiger partial charge in [-0.05, 0) is 59.7 Å². The zero-order valence-electron chi connectivity index (χ0n) is 25.6. The van der Waals surface area contributed by atoms with Gasteiger partial charge < -0.3 is 20.4 Å². The summed E-state index contributed by atoms with van der Waals surface area (Å²) in [5.74, 6) is -1.26. The fraction of sp³-hybridized carbons (Fsp3) is 0.105. The fourth-order valence-electron chi connectivity index (χ4n) is 5.02. The first-order valence-electron chi connectivity index (χ1n) is 14.8. The van der Waals surface area contributed by atoms with Crippen molar-refractivity contribution in [2.45, 2.75) is 13.1 Å². The molecule has 0 heterocycles. The van der Waals surface area contributed by atoms with Crippen LogP contribution in [-0.2, 0) is 13.1 Å². The maximum absolute atomic E-state index is 13.5. The van der Waals surface area contributed by atoms with Gasteiger partial charge in [0, 0.05) is 38.3 Å². The molecule has 5 aromatic rings. The number of anilines is 2. The summed E-state index contributed by atoms with van der Waals surface area (Å²) in [7, 11) is 3.22. The molecule has 8 nitrogen and oxygen atoms in total. The topological polar surface area (TPSA) is 98.8 Å². The van der Waals surface area contributed by atoms with Gasteiger partial charge in [0.05, 0.1) is 22.5 Å².